The molecule has 4 heteroatoms. The van der Waals surface area contributed by atoms with Crippen molar-refractivity contribution in [3.8, 4) is 6.07 Å². The summed E-state index contributed by atoms with van der Waals surface area (Å²) in [6.45, 7) is 2.20. The van der Waals surface area contributed by atoms with Crippen LogP contribution in [0.2, 0.25) is 0 Å². The van der Waals surface area contributed by atoms with E-state index >= 15 is 0 Å². The van der Waals surface area contributed by atoms with Gasteiger partial charge in [0.2, 0.25) is 0 Å². The number of benzene rings is 2. The van der Waals surface area contributed by atoms with Crippen LogP contribution >= 0.6 is 12.2 Å². The number of hydrogen-bond acceptors (Lipinski definition) is 2. The quantitative estimate of drug-likeness (QED) is 0.785. The minimum Gasteiger partial charge on any atom is -0.332 e. The SMILES string of the molecule is CCCCc1ccc(NC(=S)Nc2cccc(C#N)c2)cc1. The van der Waals surface area contributed by atoms with E-state index in [-0.39, 0.29) is 0 Å². The molecule has 0 spiro atoms. The summed E-state index contributed by atoms with van der Waals surface area (Å²) in [7, 11) is 0. The maximum Gasteiger partial charge on any atom is 0.175 e. The normalized spacial score (nSPS) is 9.82. The van der Waals surface area contributed by atoms with Gasteiger partial charge in [0.05, 0.1) is 11.6 Å². The smallest absolute Gasteiger partial charge is 0.175 e. The number of thiocarbonyl (C=S) groups is 1. The Morgan fingerprint density at radius 1 is 1.09 bits per heavy atom. The minimum absolute atomic E-state index is 0.511. The molecule has 3 nitrogen and oxygen atoms in total. The average molecular weight is 309 g/mol. The molecule has 22 heavy (non-hydrogen) atoms. The first-order chi connectivity index (χ1) is 10.7. The molecule has 0 unspecified atom stereocenters. The second kappa shape index (κ2) is 8.16. The number of anilines is 2. The van der Waals surface area contributed by atoms with E-state index < -0.39 is 0 Å². The van der Waals surface area contributed by atoms with Crippen LogP contribution in [0.15, 0.2) is 48.5 Å². The van der Waals surface area contributed by atoms with Crippen molar-refractivity contribution in [3.63, 3.8) is 0 Å². The molecule has 0 radical (unpaired) electrons. The van der Waals surface area contributed by atoms with Crippen LogP contribution in [0, 0.1) is 11.3 Å². The molecule has 0 heterocycles. The molecule has 2 rings (SSSR count). The first-order valence-corrected chi connectivity index (χ1v) is 7.79. The summed E-state index contributed by atoms with van der Waals surface area (Å²) >= 11 is 5.30. The lowest BCUT2D eigenvalue weighted by atomic mass is 10.1. The zero-order valence-corrected chi connectivity index (χ0v) is 13.4. The molecule has 2 N–H and O–H groups in total. The molecule has 0 aliphatic heterocycles. The van der Waals surface area contributed by atoms with Crippen LogP contribution in [-0.4, -0.2) is 5.11 Å². The highest BCUT2D eigenvalue weighted by molar-refractivity contribution is 7.80. The van der Waals surface area contributed by atoms with E-state index in [1.807, 2.05) is 24.3 Å². The van der Waals surface area contributed by atoms with Gasteiger partial charge in [-0.3, -0.25) is 0 Å². The lowest BCUT2D eigenvalue weighted by Crippen LogP contribution is -2.19. The Hall–Kier alpha value is -2.38. The predicted octanol–water partition coefficient (Wildman–Crippen LogP) is 4.71. The van der Waals surface area contributed by atoms with Crippen molar-refractivity contribution in [2.75, 3.05) is 10.6 Å². The van der Waals surface area contributed by atoms with Crippen molar-refractivity contribution >= 4 is 28.7 Å². The summed E-state index contributed by atoms with van der Waals surface area (Å²) < 4.78 is 0. The van der Waals surface area contributed by atoms with Gasteiger partial charge in [-0.25, -0.2) is 0 Å². The molecular weight excluding hydrogens is 290 g/mol. The largest absolute Gasteiger partial charge is 0.332 e. The summed E-state index contributed by atoms with van der Waals surface area (Å²) in [6.07, 6.45) is 3.53. The van der Waals surface area contributed by atoms with Crippen molar-refractivity contribution < 1.29 is 0 Å². The molecule has 0 aliphatic rings. The fourth-order valence-electron chi connectivity index (χ4n) is 2.10. The lowest BCUT2D eigenvalue weighted by Gasteiger charge is -2.11. The van der Waals surface area contributed by atoms with Gasteiger partial charge >= 0.3 is 0 Å². The van der Waals surface area contributed by atoms with Crippen LogP contribution in [0.5, 0.6) is 0 Å². The third kappa shape index (κ3) is 4.87. The molecule has 0 bridgehead atoms. The summed E-state index contributed by atoms with van der Waals surface area (Å²) in [5.74, 6) is 0. The lowest BCUT2D eigenvalue weighted by molar-refractivity contribution is 0.795. The third-order valence-electron chi connectivity index (χ3n) is 3.28. The molecule has 0 saturated carbocycles. The van der Waals surface area contributed by atoms with Gasteiger partial charge < -0.3 is 10.6 Å². The van der Waals surface area contributed by atoms with E-state index in [0.29, 0.717) is 10.7 Å². The molecule has 2 aromatic rings. The van der Waals surface area contributed by atoms with E-state index in [2.05, 4.69) is 35.8 Å². The number of nitriles is 1. The standard InChI is InChI=1S/C18H19N3S/c1-2-3-5-14-8-10-16(11-9-14)20-18(22)21-17-7-4-6-15(12-17)13-19/h4,6-12H,2-3,5H2,1H3,(H2,20,21,22). The zero-order chi connectivity index (χ0) is 15.8. The average Bonchev–Trinajstić information content (AvgIpc) is 2.54. The van der Waals surface area contributed by atoms with Crippen molar-refractivity contribution in [2.45, 2.75) is 26.2 Å². The highest BCUT2D eigenvalue weighted by Crippen LogP contribution is 2.14. The van der Waals surface area contributed by atoms with Gasteiger partial charge in [-0.2, -0.15) is 5.26 Å². The van der Waals surface area contributed by atoms with Gasteiger partial charge in [0.25, 0.3) is 0 Å². The van der Waals surface area contributed by atoms with E-state index in [1.165, 1.54) is 18.4 Å². The Kier molecular flexibility index (Phi) is 5.93. The zero-order valence-electron chi connectivity index (χ0n) is 12.6. The molecule has 2 aromatic carbocycles. The van der Waals surface area contributed by atoms with Crippen molar-refractivity contribution in [1.29, 1.82) is 5.26 Å². The monoisotopic (exact) mass is 309 g/mol. The molecule has 0 saturated heterocycles. The highest BCUT2D eigenvalue weighted by atomic mass is 32.1. The first-order valence-electron chi connectivity index (χ1n) is 7.38. The van der Waals surface area contributed by atoms with Gasteiger partial charge in [0.15, 0.2) is 5.11 Å². The third-order valence-corrected chi connectivity index (χ3v) is 3.48. The second-order valence-electron chi connectivity index (χ2n) is 5.07. The topological polar surface area (TPSA) is 47.8 Å². The number of rotatable bonds is 5. The molecule has 0 aliphatic carbocycles. The van der Waals surface area contributed by atoms with Crippen LogP contribution in [0.3, 0.4) is 0 Å². The number of aryl methyl sites for hydroxylation is 1. The van der Waals surface area contributed by atoms with Crippen LogP contribution in [0.25, 0.3) is 0 Å². The van der Waals surface area contributed by atoms with E-state index in [4.69, 9.17) is 17.5 Å². The van der Waals surface area contributed by atoms with Crippen molar-refractivity contribution in [1.82, 2.24) is 0 Å². The summed E-state index contributed by atoms with van der Waals surface area (Å²) in [6, 6.07) is 17.6. The van der Waals surface area contributed by atoms with Gasteiger partial charge in [-0.05, 0) is 61.0 Å². The van der Waals surface area contributed by atoms with Crippen molar-refractivity contribution in [2.24, 2.45) is 0 Å². The number of unbranched alkanes of at least 4 members (excludes halogenated alkanes) is 1. The highest BCUT2D eigenvalue weighted by Gasteiger charge is 2.00. The van der Waals surface area contributed by atoms with Crippen molar-refractivity contribution in [3.05, 3.63) is 59.7 Å². The van der Waals surface area contributed by atoms with Crippen LogP contribution < -0.4 is 10.6 Å². The summed E-state index contributed by atoms with van der Waals surface area (Å²) in [4.78, 5) is 0. The Morgan fingerprint density at radius 3 is 2.50 bits per heavy atom. The Bertz CT molecular complexity index is 671. The maximum absolute atomic E-state index is 8.89. The Balaban J connectivity index is 1.92. The fourth-order valence-corrected chi connectivity index (χ4v) is 2.33. The maximum atomic E-state index is 8.89. The fraction of sp³-hybridized carbons (Fsp3) is 0.222. The second-order valence-corrected chi connectivity index (χ2v) is 5.48. The molecule has 112 valence electrons. The van der Waals surface area contributed by atoms with Gasteiger partial charge in [-0.1, -0.05) is 31.5 Å². The first kappa shape index (κ1) is 16.0. The number of hydrogen-bond donors (Lipinski definition) is 2. The molecule has 0 amide bonds. The Morgan fingerprint density at radius 2 is 1.82 bits per heavy atom. The molecule has 0 atom stereocenters. The predicted molar refractivity (Wildman–Crippen MR) is 96.1 cm³/mol. The number of nitrogens with zero attached hydrogens (tertiary/aromatic N) is 1. The van der Waals surface area contributed by atoms with E-state index in [9.17, 15) is 0 Å². The number of nitrogens with one attached hydrogen (secondary N) is 2. The van der Waals surface area contributed by atoms with Gasteiger partial charge in [0, 0.05) is 11.4 Å². The van der Waals surface area contributed by atoms with E-state index in [1.54, 1.807) is 12.1 Å². The van der Waals surface area contributed by atoms with E-state index in [0.717, 1.165) is 17.8 Å². The molecular formula is C18H19N3S. The van der Waals surface area contributed by atoms with Gasteiger partial charge in [-0.15, -0.1) is 0 Å². The summed E-state index contributed by atoms with van der Waals surface area (Å²) in [5.41, 5.74) is 3.70. The Labute approximate surface area is 137 Å². The molecule has 0 fully saturated rings. The van der Waals surface area contributed by atoms with Gasteiger partial charge in [0.1, 0.15) is 0 Å². The minimum atomic E-state index is 0.511. The summed E-state index contributed by atoms with van der Waals surface area (Å²) in [5, 5.41) is 15.6. The molecule has 0 aromatic heterocycles. The van der Waals surface area contributed by atoms with Crippen LogP contribution in [0.4, 0.5) is 11.4 Å². The van der Waals surface area contributed by atoms with Crippen LogP contribution in [0.1, 0.15) is 30.9 Å². The van der Waals surface area contributed by atoms with Crippen LogP contribution in [-0.2, 0) is 6.42 Å².